The first-order valence-electron chi connectivity index (χ1n) is 7.76. The molecule has 1 fully saturated rings. The van der Waals surface area contributed by atoms with Gasteiger partial charge in [-0.15, -0.1) is 11.3 Å². The van der Waals surface area contributed by atoms with Gasteiger partial charge < -0.3 is 10.2 Å². The van der Waals surface area contributed by atoms with Crippen LogP contribution in [-0.2, 0) is 6.54 Å². The Labute approximate surface area is 121 Å². The van der Waals surface area contributed by atoms with Gasteiger partial charge >= 0.3 is 0 Å². The molecule has 1 N–H and O–H groups in total. The number of anilines is 1. The van der Waals surface area contributed by atoms with Gasteiger partial charge in [-0.1, -0.05) is 26.7 Å². The monoisotopic (exact) mass is 281 g/mol. The first kappa shape index (κ1) is 14.8. The minimum Gasteiger partial charge on any atom is -0.348 e. The number of nitrogens with zero attached hydrogens (tertiary/aromatic N) is 2. The molecule has 2 rings (SSSR count). The topological polar surface area (TPSA) is 28.2 Å². The number of unbranched alkanes of at least 4 members (excludes halogenated alkanes) is 2. The van der Waals surface area contributed by atoms with Crippen LogP contribution in [-0.4, -0.2) is 24.1 Å². The summed E-state index contributed by atoms with van der Waals surface area (Å²) in [7, 11) is 0. The van der Waals surface area contributed by atoms with Crippen LogP contribution in [0.2, 0.25) is 0 Å². The molecule has 3 nitrogen and oxygen atoms in total. The van der Waals surface area contributed by atoms with Gasteiger partial charge in [-0.25, -0.2) is 4.98 Å². The Morgan fingerprint density at radius 3 is 2.53 bits per heavy atom. The molecule has 1 aliphatic rings. The Morgan fingerprint density at radius 1 is 1.26 bits per heavy atom. The van der Waals surface area contributed by atoms with E-state index >= 15 is 0 Å². The van der Waals surface area contributed by atoms with Crippen molar-refractivity contribution in [3.8, 4) is 0 Å². The average molecular weight is 281 g/mol. The summed E-state index contributed by atoms with van der Waals surface area (Å²) in [6, 6.07) is 0.765. The van der Waals surface area contributed by atoms with Crippen LogP contribution in [0.5, 0.6) is 0 Å². The van der Waals surface area contributed by atoms with Gasteiger partial charge in [0.05, 0.1) is 5.69 Å². The fraction of sp³-hybridized carbons (Fsp3) is 0.800. The second-order valence-electron chi connectivity index (χ2n) is 5.47. The number of rotatable bonds is 10. The maximum atomic E-state index is 4.80. The van der Waals surface area contributed by atoms with Gasteiger partial charge in [0, 0.05) is 31.1 Å². The fourth-order valence-corrected chi connectivity index (χ4v) is 2.94. The summed E-state index contributed by atoms with van der Waals surface area (Å²) < 4.78 is 0. The maximum absolute atomic E-state index is 4.80. The van der Waals surface area contributed by atoms with E-state index in [1.807, 2.05) is 0 Å². The number of thiazole rings is 1. The first-order chi connectivity index (χ1) is 9.33. The average Bonchev–Trinajstić information content (AvgIpc) is 3.14. The predicted molar refractivity (Wildman–Crippen MR) is 84.0 cm³/mol. The summed E-state index contributed by atoms with van der Waals surface area (Å²) in [6.07, 6.45) is 7.72. The molecule has 0 bridgehead atoms. The van der Waals surface area contributed by atoms with Crippen molar-refractivity contribution in [1.29, 1.82) is 0 Å². The highest BCUT2D eigenvalue weighted by Gasteiger charge is 2.20. The van der Waals surface area contributed by atoms with Crippen molar-refractivity contribution in [2.45, 2.75) is 65.0 Å². The molecule has 0 unspecified atom stereocenters. The summed E-state index contributed by atoms with van der Waals surface area (Å²) in [5.74, 6) is 0. The third-order valence-electron chi connectivity index (χ3n) is 3.52. The standard InChI is InChI=1S/C15H27N3S/c1-3-5-9-18(10-6-4-2)15-17-14(12-19-15)11-16-13-7-8-13/h12-13,16H,3-11H2,1-2H3. The van der Waals surface area contributed by atoms with E-state index in [4.69, 9.17) is 4.98 Å². The van der Waals surface area contributed by atoms with E-state index < -0.39 is 0 Å². The van der Waals surface area contributed by atoms with Crippen molar-refractivity contribution in [1.82, 2.24) is 10.3 Å². The van der Waals surface area contributed by atoms with Gasteiger partial charge in [-0.2, -0.15) is 0 Å². The van der Waals surface area contributed by atoms with Crippen LogP contribution in [0.3, 0.4) is 0 Å². The molecule has 0 spiro atoms. The van der Waals surface area contributed by atoms with Crippen molar-refractivity contribution >= 4 is 16.5 Å². The number of hydrogen-bond acceptors (Lipinski definition) is 4. The lowest BCUT2D eigenvalue weighted by Gasteiger charge is -2.21. The highest BCUT2D eigenvalue weighted by Crippen LogP contribution is 2.23. The molecule has 0 aromatic carbocycles. The molecule has 1 aromatic rings. The Bertz CT molecular complexity index is 352. The van der Waals surface area contributed by atoms with Crippen molar-refractivity contribution in [3.05, 3.63) is 11.1 Å². The van der Waals surface area contributed by atoms with Crippen molar-refractivity contribution in [2.24, 2.45) is 0 Å². The van der Waals surface area contributed by atoms with Crippen LogP contribution < -0.4 is 10.2 Å². The quantitative estimate of drug-likeness (QED) is 0.707. The van der Waals surface area contributed by atoms with Crippen LogP contribution in [0.25, 0.3) is 0 Å². The van der Waals surface area contributed by atoms with Gasteiger partial charge in [0.15, 0.2) is 5.13 Å². The molecule has 0 amide bonds. The van der Waals surface area contributed by atoms with Gasteiger partial charge in [0.1, 0.15) is 0 Å². The smallest absolute Gasteiger partial charge is 0.185 e. The summed E-state index contributed by atoms with van der Waals surface area (Å²) in [6.45, 7) is 7.76. The van der Waals surface area contributed by atoms with E-state index in [9.17, 15) is 0 Å². The summed E-state index contributed by atoms with van der Waals surface area (Å²) >= 11 is 1.81. The zero-order valence-electron chi connectivity index (χ0n) is 12.3. The molecule has 0 radical (unpaired) electrons. The lowest BCUT2D eigenvalue weighted by Crippen LogP contribution is -2.25. The number of hydrogen-bond donors (Lipinski definition) is 1. The van der Waals surface area contributed by atoms with Gasteiger partial charge in [-0.05, 0) is 25.7 Å². The third-order valence-corrected chi connectivity index (χ3v) is 4.47. The zero-order chi connectivity index (χ0) is 13.5. The summed E-state index contributed by atoms with van der Waals surface area (Å²) in [5, 5.41) is 6.97. The number of nitrogens with one attached hydrogen (secondary N) is 1. The van der Waals surface area contributed by atoms with Gasteiger partial charge in [0.25, 0.3) is 0 Å². The Morgan fingerprint density at radius 2 is 1.95 bits per heavy atom. The Balaban J connectivity index is 1.86. The normalized spacial score (nSPS) is 14.8. The Hall–Kier alpha value is -0.610. The lowest BCUT2D eigenvalue weighted by molar-refractivity contribution is 0.663. The van der Waals surface area contributed by atoms with E-state index in [0.29, 0.717) is 0 Å². The SMILES string of the molecule is CCCCN(CCCC)c1nc(CNC2CC2)cs1. The van der Waals surface area contributed by atoms with Crippen LogP contribution in [0.4, 0.5) is 5.13 Å². The fourth-order valence-electron chi connectivity index (χ4n) is 2.06. The predicted octanol–water partition coefficient (Wildman–Crippen LogP) is 3.80. The molecule has 4 heteroatoms. The molecule has 0 atom stereocenters. The van der Waals surface area contributed by atoms with Gasteiger partial charge in [-0.3, -0.25) is 0 Å². The van der Waals surface area contributed by atoms with Crippen LogP contribution in [0, 0.1) is 0 Å². The molecule has 0 saturated heterocycles. The van der Waals surface area contributed by atoms with Gasteiger partial charge in [0.2, 0.25) is 0 Å². The highest BCUT2D eigenvalue weighted by molar-refractivity contribution is 7.13. The van der Waals surface area contributed by atoms with Crippen molar-refractivity contribution in [2.75, 3.05) is 18.0 Å². The third kappa shape index (κ3) is 5.11. The highest BCUT2D eigenvalue weighted by atomic mass is 32.1. The van der Waals surface area contributed by atoms with E-state index in [1.54, 1.807) is 11.3 Å². The molecule has 1 heterocycles. The second kappa shape index (κ2) is 7.85. The molecule has 19 heavy (non-hydrogen) atoms. The van der Waals surface area contributed by atoms with Crippen LogP contribution >= 0.6 is 11.3 Å². The second-order valence-corrected chi connectivity index (χ2v) is 6.31. The molecule has 1 saturated carbocycles. The van der Waals surface area contributed by atoms with Crippen molar-refractivity contribution in [3.63, 3.8) is 0 Å². The van der Waals surface area contributed by atoms with E-state index in [-0.39, 0.29) is 0 Å². The van der Waals surface area contributed by atoms with E-state index in [2.05, 4.69) is 29.4 Å². The summed E-state index contributed by atoms with van der Waals surface area (Å²) in [4.78, 5) is 7.27. The zero-order valence-corrected chi connectivity index (χ0v) is 13.1. The van der Waals surface area contributed by atoms with Crippen molar-refractivity contribution < 1.29 is 0 Å². The molecule has 108 valence electrons. The van der Waals surface area contributed by atoms with Crippen LogP contribution in [0.15, 0.2) is 5.38 Å². The maximum Gasteiger partial charge on any atom is 0.185 e. The molecule has 0 aliphatic heterocycles. The molecule has 1 aromatic heterocycles. The Kier molecular flexibility index (Phi) is 6.11. The van der Waals surface area contributed by atoms with E-state index in [0.717, 1.165) is 25.7 Å². The van der Waals surface area contributed by atoms with E-state index in [1.165, 1.54) is 49.4 Å². The largest absolute Gasteiger partial charge is 0.348 e. The van der Waals surface area contributed by atoms with Crippen LogP contribution in [0.1, 0.15) is 58.1 Å². The molecular formula is C15H27N3S. The minimum atomic E-state index is 0.765. The first-order valence-corrected chi connectivity index (χ1v) is 8.64. The minimum absolute atomic E-state index is 0.765. The molecule has 1 aliphatic carbocycles. The molecular weight excluding hydrogens is 254 g/mol. The number of aromatic nitrogens is 1. The lowest BCUT2D eigenvalue weighted by atomic mass is 10.3. The summed E-state index contributed by atoms with van der Waals surface area (Å²) in [5.41, 5.74) is 1.21.